The van der Waals surface area contributed by atoms with E-state index in [1.807, 2.05) is 0 Å². The van der Waals surface area contributed by atoms with E-state index < -0.39 is 17.9 Å². The van der Waals surface area contributed by atoms with Crippen LogP contribution in [0.4, 0.5) is 4.39 Å². The van der Waals surface area contributed by atoms with Crippen LogP contribution in [0.25, 0.3) is 0 Å². The quantitative estimate of drug-likeness (QED) is 0.501. The highest BCUT2D eigenvalue weighted by atomic mass is 19.2. The smallest absolute Gasteiger partial charge is 0.372 e. The number of carbonyl (C=O) groups is 1. The Morgan fingerprint density at radius 2 is 2.38 bits per heavy atom. The number of alkyl halides is 1. The van der Waals surface area contributed by atoms with Crippen molar-refractivity contribution in [1.82, 2.24) is 0 Å². The molecule has 1 fully saturated rings. The largest absolute Gasteiger partial charge is 0.477 e. The molecule has 1 heterocycles. The van der Waals surface area contributed by atoms with Crippen molar-refractivity contribution in [3.63, 3.8) is 0 Å². The molecule has 0 aliphatic carbocycles. The first-order chi connectivity index (χ1) is 3.57. The lowest BCUT2D eigenvalue weighted by Gasteiger charge is -1.88. The number of carboxylic acids is 1. The maximum absolute atomic E-state index is 12.2. The Bertz CT molecular complexity index is 135. The van der Waals surface area contributed by atoms with E-state index >= 15 is 0 Å². The van der Waals surface area contributed by atoms with E-state index in [4.69, 9.17) is 5.11 Å². The van der Waals surface area contributed by atoms with Gasteiger partial charge in [-0.15, -0.1) is 0 Å². The number of epoxide rings is 1. The van der Waals surface area contributed by atoms with Gasteiger partial charge in [0.2, 0.25) is 0 Å². The molecule has 1 aliphatic heterocycles. The molecule has 4 heteroatoms. The molecule has 0 aromatic rings. The fourth-order valence-corrected chi connectivity index (χ4v) is 0.448. The standard InChI is InChI=1S/C4H5FO3/c1-2-4(5,8-2)3(6)7/h2H,1H3,(H,6,7). The first-order valence-electron chi connectivity index (χ1n) is 2.17. The summed E-state index contributed by atoms with van der Waals surface area (Å²) in [4.78, 5) is 9.79. The SMILES string of the molecule is CC1OC1(F)C(=O)O. The van der Waals surface area contributed by atoms with Crippen molar-refractivity contribution in [2.45, 2.75) is 18.9 Å². The van der Waals surface area contributed by atoms with Gasteiger partial charge in [-0.05, 0) is 6.92 Å². The van der Waals surface area contributed by atoms with Gasteiger partial charge in [-0.3, -0.25) is 0 Å². The normalized spacial score (nSPS) is 44.0. The summed E-state index contributed by atoms with van der Waals surface area (Å²) < 4.78 is 16.3. The molecule has 0 saturated carbocycles. The lowest BCUT2D eigenvalue weighted by molar-refractivity contribution is -0.150. The van der Waals surface area contributed by atoms with Gasteiger partial charge in [-0.2, -0.15) is 4.39 Å². The van der Waals surface area contributed by atoms with Crippen molar-refractivity contribution < 1.29 is 19.0 Å². The summed E-state index contributed by atoms with van der Waals surface area (Å²) in [6.45, 7) is 1.37. The van der Waals surface area contributed by atoms with E-state index in [0.29, 0.717) is 0 Å². The highest BCUT2D eigenvalue weighted by molar-refractivity contribution is 5.79. The van der Waals surface area contributed by atoms with Crippen LogP contribution in [0.15, 0.2) is 0 Å². The van der Waals surface area contributed by atoms with Gasteiger partial charge in [0.25, 0.3) is 0 Å². The molecule has 1 N–H and O–H groups in total. The predicted octanol–water partition coefficient (Wildman–Crippen LogP) is 0.155. The molecule has 0 amide bonds. The molecule has 0 bridgehead atoms. The molecule has 1 rings (SSSR count). The van der Waals surface area contributed by atoms with Crippen LogP contribution < -0.4 is 0 Å². The second-order valence-corrected chi connectivity index (χ2v) is 1.71. The monoisotopic (exact) mass is 120 g/mol. The molecular formula is C4H5FO3. The highest BCUT2D eigenvalue weighted by Gasteiger charge is 2.62. The molecular weight excluding hydrogens is 115 g/mol. The van der Waals surface area contributed by atoms with Crippen molar-refractivity contribution in [2.75, 3.05) is 0 Å². The number of hydrogen-bond donors (Lipinski definition) is 1. The van der Waals surface area contributed by atoms with E-state index in [0.717, 1.165) is 0 Å². The van der Waals surface area contributed by atoms with Gasteiger partial charge in [-0.25, -0.2) is 4.79 Å². The molecule has 0 spiro atoms. The molecule has 3 nitrogen and oxygen atoms in total. The summed E-state index contributed by atoms with van der Waals surface area (Å²) in [6, 6.07) is 0. The maximum Gasteiger partial charge on any atom is 0.372 e. The predicted molar refractivity (Wildman–Crippen MR) is 22.0 cm³/mol. The third-order valence-electron chi connectivity index (χ3n) is 1.11. The first kappa shape index (κ1) is 5.50. The van der Waals surface area contributed by atoms with E-state index in [-0.39, 0.29) is 0 Å². The van der Waals surface area contributed by atoms with Crippen LogP contribution in [0.1, 0.15) is 6.92 Å². The van der Waals surface area contributed by atoms with Crippen LogP contribution in [0.2, 0.25) is 0 Å². The number of aliphatic carboxylic acids is 1. The molecule has 2 unspecified atom stereocenters. The van der Waals surface area contributed by atoms with Crippen molar-refractivity contribution in [2.24, 2.45) is 0 Å². The second kappa shape index (κ2) is 1.20. The zero-order valence-electron chi connectivity index (χ0n) is 4.22. The maximum atomic E-state index is 12.2. The fraction of sp³-hybridized carbons (Fsp3) is 0.750. The molecule has 0 radical (unpaired) electrons. The summed E-state index contributed by atoms with van der Waals surface area (Å²) in [6.07, 6.45) is -0.778. The van der Waals surface area contributed by atoms with Crippen molar-refractivity contribution in [3.05, 3.63) is 0 Å². The molecule has 2 atom stereocenters. The number of ether oxygens (including phenoxy) is 1. The molecule has 0 aromatic carbocycles. The number of carboxylic acid groups (broad SMARTS) is 1. The van der Waals surface area contributed by atoms with Crippen LogP contribution >= 0.6 is 0 Å². The third-order valence-corrected chi connectivity index (χ3v) is 1.11. The Morgan fingerprint density at radius 1 is 2.00 bits per heavy atom. The minimum absolute atomic E-state index is 0.778. The summed E-state index contributed by atoms with van der Waals surface area (Å²) >= 11 is 0. The molecule has 1 saturated heterocycles. The summed E-state index contributed by atoms with van der Waals surface area (Å²) in [5, 5.41) is 7.98. The Hall–Kier alpha value is -0.640. The van der Waals surface area contributed by atoms with Gasteiger partial charge in [0.05, 0.1) is 0 Å². The van der Waals surface area contributed by atoms with E-state index in [1.165, 1.54) is 6.92 Å². The van der Waals surface area contributed by atoms with Crippen molar-refractivity contribution >= 4 is 5.97 Å². The average molecular weight is 120 g/mol. The zero-order valence-corrected chi connectivity index (χ0v) is 4.22. The van der Waals surface area contributed by atoms with Crippen LogP contribution in [-0.2, 0) is 9.53 Å². The van der Waals surface area contributed by atoms with Gasteiger partial charge in [0.1, 0.15) is 6.10 Å². The Morgan fingerprint density at radius 3 is 2.38 bits per heavy atom. The van der Waals surface area contributed by atoms with Gasteiger partial charge in [-0.1, -0.05) is 0 Å². The van der Waals surface area contributed by atoms with Crippen LogP contribution in [0.5, 0.6) is 0 Å². The molecule has 1 aliphatic rings. The van der Waals surface area contributed by atoms with E-state index in [9.17, 15) is 9.18 Å². The Balaban J connectivity index is 2.60. The van der Waals surface area contributed by atoms with Crippen LogP contribution in [0.3, 0.4) is 0 Å². The van der Waals surface area contributed by atoms with Crippen molar-refractivity contribution in [1.29, 1.82) is 0 Å². The van der Waals surface area contributed by atoms with Gasteiger partial charge < -0.3 is 9.84 Å². The number of rotatable bonds is 1. The summed E-state index contributed by atoms with van der Waals surface area (Å²) in [7, 11) is 0. The van der Waals surface area contributed by atoms with E-state index in [1.54, 1.807) is 0 Å². The Kier molecular flexibility index (Phi) is 0.822. The Labute approximate surface area is 45.1 Å². The summed E-state index contributed by atoms with van der Waals surface area (Å²) in [5.41, 5.74) is 0. The molecule has 0 aromatic heterocycles. The number of hydrogen-bond acceptors (Lipinski definition) is 2. The van der Waals surface area contributed by atoms with Gasteiger partial charge >= 0.3 is 11.8 Å². The summed E-state index contributed by atoms with van der Waals surface area (Å²) in [5.74, 6) is -3.91. The first-order valence-corrected chi connectivity index (χ1v) is 2.17. The average Bonchev–Trinajstić information content (AvgIpc) is 2.17. The van der Waals surface area contributed by atoms with Gasteiger partial charge in [0, 0.05) is 0 Å². The third kappa shape index (κ3) is 0.494. The molecule has 8 heavy (non-hydrogen) atoms. The van der Waals surface area contributed by atoms with E-state index in [2.05, 4.69) is 4.74 Å². The van der Waals surface area contributed by atoms with Crippen LogP contribution in [-0.4, -0.2) is 23.0 Å². The van der Waals surface area contributed by atoms with Crippen LogP contribution in [0, 0.1) is 0 Å². The zero-order chi connectivity index (χ0) is 6.36. The topological polar surface area (TPSA) is 49.8 Å². The second-order valence-electron chi connectivity index (χ2n) is 1.71. The lowest BCUT2D eigenvalue weighted by Crippen LogP contribution is -2.19. The fourth-order valence-electron chi connectivity index (χ4n) is 0.448. The minimum atomic E-state index is -2.37. The molecule has 46 valence electrons. The highest BCUT2D eigenvalue weighted by Crippen LogP contribution is 2.37. The minimum Gasteiger partial charge on any atom is -0.477 e. The lowest BCUT2D eigenvalue weighted by atomic mass is 10.3. The number of halogens is 1. The van der Waals surface area contributed by atoms with Crippen molar-refractivity contribution in [3.8, 4) is 0 Å². The van der Waals surface area contributed by atoms with Gasteiger partial charge in [0.15, 0.2) is 0 Å².